The number of benzene rings is 1. The van der Waals surface area contributed by atoms with Crippen molar-refractivity contribution in [2.24, 2.45) is 0 Å². The highest BCUT2D eigenvalue weighted by Gasteiger charge is 2.21. The Bertz CT molecular complexity index is 435. The van der Waals surface area contributed by atoms with Gasteiger partial charge in [-0.05, 0) is 37.8 Å². The number of carbonyl (C=O) groups excluding carboxylic acids is 1. The average molecular weight is 332 g/mol. The Kier molecular flexibility index (Phi) is 5.69. The number of amides is 1. The molecule has 5 heteroatoms. The van der Waals surface area contributed by atoms with Crippen molar-refractivity contribution in [3.05, 3.63) is 33.8 Å². The van der Waals surface area contributed by atoms with Crippen LogP contribution in [0.1, 0.15) is 22.8 Å². The summed E-state index contributed by atoms with van der Waals surface area (Å²) in [7, 11) is 0. The molecule has 1 aromatic rings. The van der Waals surface area contributed by atoms with E-state index in [-0.39, 0.29) is 12.5 Å². The molecule has 1 rings (SSSR count). The first-order chi connectivity index (χ1) is 8.37. The monoisotopic (exact) mass is 331 g/mol. The Morgan fingerprint density at radius 1 is 1.56 bits per heavy atom. The summed E-state index contributed by atoms with van der Waals surface area (Å²) in [6.07, 6.45) is 1.93. The van der Waals surface area contributed by atoms with Gasteiger partial charge in [0.05, 0.1) is 5.60 Å². The molecular weight excluding hydrogens is 314 g/mol. The van der Waals surface area contributed by atoms with E-state index in [2.05, 4.69) is 21.2 Å². The highest BCUT2D eigenvalue weighted by atomic mass is 79.9. The van der Waals surface area contributed by atoms with E-state index in [1.807, 2.05) is 25.3 Å². The highest BCUT2D eigenvalue weighted by molar-refractivity contribution is 9.10. The molecule has 1 aromatic carbocycles. The Labute approximate surface area is 120 Å². The SMILES string of the molecule is CSCC(C)(O)CNC(=O)c1cccc(Br)c1C. The minimum atomic E-state index is -0.880. The van der Waals surface area contributed by atoms with Gasteiger partial charge in [0.15, 0.2) is 0 Å². The van der Waals surface area contributed by atoms with Crippen LogP contribution < -0.4 is 5.32 Å². The number of rotatable bonds is 5. The first-order valence-corrected chi connectivity index (χ1v) is 7.81. The molecule has 0 radical (unpaired) electrons. The molecule has 3 nitrogen and oxygen atoms in total. The third-order valence-electron chi connectivity index (χ3n) is 2.60. The second kappa shape index (κ2) is 6.59. The average Bonchev–Trinajstić information content (AvgIpc) is 2.30. The Morgan fingerprint density at radius 3 is 2.83 bits per heavy atom. The van der Waals surface area contributed by atoms with Crippen LogP contribution in [0.3, 0.4) is 0 Å². The van der Waals surface area contributed by atoms with E-state index in [0.29, 0.717) is 11.3 Å². The first-order valence-electron chi connectivity index (χ1n) is 5.62. The maximum atomic E-state index is 12.0. The van der Waals surface area contributed by atoms with E-state index < -0.39 is 5.60 Å². The molecule has 0 aliphatic rings. The van der Waals surface area contributed by atoms with Crippen LogP contribution in [0.2, 0.25) is 0 Å². The summed E-state index contributed by atoms with van der Waals surface area (Å²) in [5.41, 5.74) is 0.651. The van der Waals surface area contributed by atoms with Crippen LogP contribution in [-0.2, 0) is 0 Å². The number of thioether (sulfide) groups is 1. The van der Waals surface area contributed by atoms with Crippen LogP contribution in [0.4, 0.5) is 0 Å². The van der Waals surface area contributed by atoms with Gasteiger partial charge < -0.3 is 10.4 Å². The first kappa shape index (κ1) is 15.5. The molecule has 0 bridgehead atoms. The molecule has 1 atom stereocenters. The Hall–Kier alpha value is -0.520. The van der Waals surface area contributed by atoms with Gasteiger partial charge in [-0.25, -0.2) is 0 Å². The fourth-order valence-electron chi connectivity index (χ4n) is 1.58. The fourth-order valence-corrected chi connectivity index (χ4v) is 2.67. The lowest BCUT2D eigenvalue weighted by Crippen LogP contribution is -2.42. The Morgan fingerprint density at radius 2 is 2.22 bits per heavy atom. The van der Waals surface area contributed by atoms with Crippen LogP contribution in [-0.4, -0.2) is 35.2 Å². The maximum Gasteiger partial charge on any atom is 0.251 e. The molecule has 1 unspecified atom stereocenters. The van der Waals surface area contributed by atoms with Crippen molar-refractivity contribution < 1.29 is 9.90 Å². The van der Waals surface area contributed by atoms with E-state index in [4.69, 9.17) is 0 Å². The van der Waals surface area contributed by atoms with Crippen LogP contribution in [0.15, 0.2) is 22.7 Å². The summed E-state index contributed by atoms with van der Waals surface area (Å²) in [5.74, 6) is 0.431. The quantitative estimate of drug-likeness (QED) is 0.871. The van der Waals surface area contributed by atoms with Crippen molar-refractivity contribution in [1.29, 1.82) is 0 Å². The van der Waals surface area contributed by atoms with Gasteiger partial charge in [0.2, 0.25) is 0 Å². The maximum absolute atomic E-state index is 12.0. The minimum absolute atomic E-state index is 0.157. The van der Waals surface area contributed by atoms with Crippen LogP contribution in [0.25, 0.3) is 0 Å². The summed E-state index contributed by atoms with van der Waals surface area (Å²) < 4.78 is 0.908. The topological polar surface area (TPSA) is 49.3 Å². The molecule has 2 N–H and O–H groups in total. The number of aliphatic hydroxyl groups is 1. The van der Waals surface area contributed by atoms with Crippen molar-refractivity contribution in [2.45, 2.75) is 19.4 Å². The summed E-state index contributed by atoms with van der Waals surface area (Å²) in [6, 6.07) is 5.50. The fraction of sp³-hybridized carbons (Fsp3) is 0.462. The van der Waals surface area contributed by atoms with Crippen molar-refractivity contribution in [3.63, 3.8) is 0 Å². The van der Waals surface area contributed by atoms with Gasteiger partial charge in [0.1, 0.15) is 0 Å². The predicted octanol–water partition coefficient (Wildman–Crippen LogP) is 2.60. The third kappa shape index (κ3) is 4.30. The van der Waals surface area contributed by atoms with Crippen molar-refractivity contribution in [2.75, 3.05) is 18.6 Å². The Balaban J connectivity index is 2.69. The van der Waals surface area contributed by atoms with Crippen molar-refractivity contribution >= 4 is 33.6 Å². The van der Waals surface area contributed by atoms with Gasteiger partial charge in [-0.2, -0.15) is 11.8 Å². The second-order valence-corrected chi connectivity index (χ2v) is 6.25. The van der Waals surface area contributed by atoms with Gasteiger partial charge in [-0.3, -0.25) is 4.79 Å². The number of carbonyl (C=O) groups is 1. The normalized spacial score (nSPS) is 14.1. The molecule has 0 heterocycles. The summed E-state index contributed by atoms with van der Waals surface area (Å²) in [6.45, 7) is 3.86. The summed E-state index contributed by atoms with van der Waals surface area (Å²) >= 11 is 4.95. The van der Waals surface area contributed by atoms with E-state index in [0.717, 1.165) is 10.0 Å². The predicted molar refractivity (Wildman–Crippen MR) is 80.2 cm³/mol. The largest absolute Gasteiger partial charge is 0.387 e. The molecular formula is C13H18BrNO2S. The zero-order chi connectivity index (χ0) is 13.8. The lowest BCUT2D eigenvalue weighted by Gasteiger charge is -2.22. The van der Waals surface area contributed by atoms with Gasteiger partial charge in [-0.15, -0.1) is 0 Å². The summed E-state index contributed by atoms with van der Waals surface area (Å²) in [4.78, 5) is 12.0. The molecule has 0 saturated heterocycles. The van der Waals surface area contributed by atoms with E-state index in [1.54, 1.807) is 24.8 Å². The number of halogens is 1. The van der Waals surface area contributed by atoms with Gasteiger partial charge in [0, 0.05) is 22.3 Å². The van der Waals surface area contributed by atoms with E-state index in [9.17, 15) is 9.90 Å². The molecule has 0 aliphatic heterocycles. The van der Waals surface area contributed by atoms with Gasteiger partial charge >= 0.3 is 0 Å². The van der Waals surface area contributed by atoms with Crippen LogP contribution >= 0.6 is 27.7 Å². The van der Waals surface area contributed by atoms with E-state index >= 15 is 0 Å². The number of hydrogen-bond acceptors (Lipinski definition) is 3. The van der Waals surface area contributed by atoms with Crippen LogP contribution in [0.5, 0.6) is 0 Å². The molecule has 0 fully saturated rings. The zero-order valence-electron chi connectivity index (χ0n) is 10.8. The molecule has 1 amide bonds. The molecule has 0 saturated carbocycles. The van der Waals surface area contributed by atoms with Crippen LogP contribution in [0, 0.1) is 6.92 Å². The standard InChI is InChI=1S/C13H18BrNO2S/c1-9-10(5-4-6-11(9)14)12(16)15-7-13(2,17)8-18-3/h4-6,17H,7-8H2,1-3H3,(H,15,16). The molecule has 100 valence electrons. The molecule has 0 aromatic heterocycles. The van der Waals surface area contributed by atoms with Crippen molar-refractivity contribution in [3.8, 4) is 0 Å². The zero-order valence-corrected chi connectivity index (χ0v) is 13.2. The molecule has 0 aliphatic carbocycles. The van der Waals surface area contributed by atoms with Crippen molar-refractivity contribution in [1.82, 2.24) is 5.32 Å². The highest BCUT2D eigenvalue weighted by Crippen LogP contribution is 2.19. The third-order valence-corrected chi connectivity index (χ3v) is 4.37. The number of hydrogen-bond donors (Lipinski definition) is 2. The minimum Gasteiger partial charge on any atom is -0.387 e. The number of nitrogens with one attached hydrogen (secondary N) is 1. The van der Waals surface area contributed by atoms with Gasteiger partial charge in [0.25, 0.3) is 5.91 Å². The molecule has 0 spiro atoms. The second-order valence-electron chi connectivity index (χ2n) is 4.53. The smallest absolute Gasteiger partial charge is 0.251 e. The lowest BCUT2D eigenvalue weighted by molar-refractivity contribution is 0.0724. The van der Waals surface area contributed by atoms with E-state index in [1.165, 1.54) is 0 Å². The van der Waals surface area contributed by atoms with Gasteiger partial charge in [-0.1, -0.05) is 22.0 Å². The molecule has 18 heavy (non-hydrogen) atoms. The summed E-state index contributed by atoms with van der Waals surface area (Å²) in [5, 5.41) is 12.8. The lowest BCUT2D eigenvalue weighted by atomic mass is 10.1.